The van der Waals surface area contributed by atoms with Crippen LogP contribution in [0.15, 0.2) is 42.5 Å². The molecule has 2 rings (SSSR count). The first-order valence-electron chi connectivity index (χ1n) is 6.83. The van der Waals surface area contributed by atoms with Crippen molar-refractivity contribution in [2.45, 2.75) is 18.8 Å². The SMILES string of the molecule is N#C[C@H](CCCOc1ccc(F)cc1)c1ccc(Cl)cc1Cl. The van der Waals surface area contributed by atoms with E-state index in [1.165, 1.54) is 12.1 Å². The summed E-state index contributed by atoms with van der Waals surface area (Å²) in [4.78, 5) is 0. The maximum Gasteiger partial charge on any atom is 0.123 e. The molecule has 0 unspecified atom stereocenters. The number of benzene rings is 2. The van der Waals surface area contributed by atoms with Gasteiger partial charge in [0.15, 0.2) is 0 Å². The molecule has 0 aliphatic heterocycles. The molecule has 2 nitrogen and oxygen atoms in total. The van der Waals surface area contributed by atoms with E-state index in [-0.39, 0.29) is 11.7 Å². The summed E-state index contributed by atoms with van der Waals surface area (Å²) < 4.78 is 18.3. The Morgan fingerprint density at radius 2 is 1.86 bits per heavy atom. The summed E-state index contributed by atoms with van der Waals surface area (Å²) in [6.45, 7) is 0.453. The van der Waals surface area contributed by atoms with Crippen molar-refractivity contribution in [3.8, 4) is 11.8 Å². The number of hydrogen-bond acceptors (Lipinski definition) is 2. The van der Waals surface area contributed by atoms with Crippen LogP contribution in [0, 0.1) is 17.1 Å². The van der Waals surface area contributed by atoms with Crippen molar-refractivity contribution in [1.82, 2.24) is 0 Å². The third-order valence-electron chi connectivity index (χ3n) is 3.21. The fourth-order valence-electron chi connectivity index (χ4n) is 2.08. The first kappa shape index (κ1) is 16.6. The number of nitriles is 1. The van der Waals surface area contributed by atoms with E-state index >= 15 is 0 Å². The van der Waals surface area contributed by atoms with E-state index in [2.05, 4.69) is 6.07 Å². The maximum atomic E-state index is 12.8. The number of ether oxygens (including phenoxy) is 1. The zero-order chi connectivity index (χ0) is 15.9. The Labute approximate surface area is 139 Å². The van der Waals surface area contributed by atoms with Crippen molar-refractivity contribution < 1.29 is 9.13 Å². The van der Waals surface area contributed by atoms with Crippen molar-refractivity contribution in [2.24, 2.45) is 0 Å². The Morgan fingerprint density at radius 1 is 1.14 bits per heavy atom. The van der Waals surface area contributed by atoms with Crippen LogP contribution in [-0.2, 0) is 0 Å². The van der Waals surface area contributed by atoms with Crippen LogP contribution in [0.2, 0.25) is 10.0 Å². The van der Waals surface area contributed by atoms with Crippen LogP contribution in [-0.4, -0.2) is 6.61 Å². The van der Waals surface area contributed by atoms with Crippen LogP contribution in [0.5, 0.6) is 5.75 Å². The Balaban J connectivity index is 1.86. The Morgan fingerprint density at radius 3 is 2.50 bits per heavy atom. The molecule has 0 amide bonds. The highest BCUT2D eigenvalue weighted by atomic mass is 35.5. The van der Waals surface area contributed by atoms with E-state index in [9.17, 15) is 9.65 Å². The Kier molecular flexibility index (Phi) is 6.06. The van der Waals surface area contributed by atoms with Crippen LogP contribution < -0.4 is 4.74 Å². The predicted molar refractivity (Wildman–Crippen MR) is 85.9 cm³/mol. The molecule has 0 N–H and O–H groups in total. The third-order valence-corrected chi connectivity index (χ3v) is 3.78. The molecule has 0 heterocycles. The highest BCUT2D eigenvalue weighted by molar-refractivity contribution is 6.35. The van der Waals surface area contributed by atoms with Crippen molar-refractivity contribution >= 4 is 23.2 Å². The summed E-state index contributed by atoms with van der Waals surface area (Å²) in [5, 5.41) is 10.3. The maximum absolute atomic E-state index is 12.8. The quantitative estimate of drug-likeness (QED) is 0.643. The normalized spacial score (nSPS) is 11.7. The summed E-state index contributed by atoms with van der Waals surface area (Å²) in [6.07, 6.45) is 1.31. The lowest BCUT2D eigenvalue weighted by Crippen LogP contribution is -2.02. The first-order valence-corrected chi connectivity index (χ1v) is 7.58. The number of halogens is 3. The molecule has 1 atom stereocenters. The molecule has 0 radical (unpaired) electrons. The second-order valence-electron chi connectivity index (χ2n) is 4.79. The fourth-order valence-corrected chi connectivity index (χ4v) is 2.62. The van der Waals surface area contributed by atoms with Gasteiger partial charge in [0.25, 0.3) is 0 Å². The highest BCUT2D eigenvalue weighted by Gasteiger charge is 2.14. The Bertz CT molecular complexity index is 667. The molecular formula is C17H14Cl2FNO. The first-order chi connectivity index (χ1) is 10.6. The monoisotopic (exact) mass is 337 g/mol. The van der Waals surface area contributed by atoms with E-state index in [1.807, 2.05) is 0 Å². The van der Waals surface area contributed by atoms with Gasteiger partial charge < -0.3 is 4.74 Å². The number of nitrogens with zero attached hydrogens (tertiary/aromatic N) is 1. The standard InChI is InChI=1S/C17H14Cl2FNO/c18-13-3-8-16(17(19)10-13)12(11-21)2-1-9-22-15-6-4-14(20)5-7-15/h3-8,10,12H,1-2,9H2/t12-/m0/s1. The summed E-state index contributed by atoms with van der Waals surface area (Å²) >= 11 is 12.0. The van der Waals surface area contributed by atoms with Crippen LogP contribution in [0.4, 0.5) is 4.39 Å². The molecule has 0 spiro atoms. The van der Waals surface area contributed by atoms with Gasteiger partial charge in [0, 0.05) is 10.0 Å². The van der Waals surface area contributed by atoms with E-state index < -0.39 is 0 Å². The van der Waals surface area contributed by atoms with Crippen LogP contribution in [0.1, 0.15) is 24.3 Å². The van der Waals surface area contributed by atoms with Gasteiger partial charge in [-0.1, -0.05) is 29.3 Å². The molecule has 0 saturated carbocycles. The van der Waals surface area contributed by atoms with Crippen LogP contribution >= 0.6 is 23.2 Å². The minimum Gasteiger partial charge on any atom is -0.494 e. The third kappa shape index (κ3) is 4.62. The molecule has 0 bridgehead atoms. The van der Waals surface area contributed by atoms with Gasteiger partial charge in [0.2, 0.25) is 0 Å². The van der Waals surface area contributed by atoms with Gasteiger partial charge in [-0.2, -0.15) is 5.26 Å². The molecule has 0 saturated heterocycles. The number of rotatable bonds is 6. The lowest BCUT2D eigenvalue weighted by atomic mass is 9.96. The molecule has 114 valence electrons. The summed E-state index contributed by atoms with van der Waals surface area (Å²) in [6, 6.07) is 13.2. The second-order valence-corrected chi connectivity index (χ2v) is 5.64. The molecule has 2 aromatic carbocycles. The topological polar surface area (TPSA) is 33.0 Å². The largest absolute Gasteiger partial charge is 0.494 e. The minimum atomic E-state index is -0.304. The second kappa shape index (κ2) is 8.03. The predicted octanol–water partition coefficient (Wildman–Crippen LogP) is 5.60. The molecular weight excluding hydrogens is 324 g/mol. The molecule has 0 aliphatic carbocycles. The zero-order valence-electron chi connectivity index (χ0n) is 11.7. The fraction of sp³-hybridized carbons (Fsp3) is 0.235. The zero-order valence-corrected chi connectivity index (χ0v) is 13.2. The lowest BCUT2D eigenvalue weighted by molar-refractivity contribution is 0.304. The van der Waals surface area contributed by atoms with E-state index in [1.54, 1.807) is 30.3 Å². The molecule has 22 heavy (non-hydrogen) atoms. The molecule has 0 aromatic heterocycles. The van der Waals surface area contributed by atoms with E-state index in [4.69, 9.17) is 27.9 Å². The highest BCUT2D eigenvalue weighted by Crippen LogP contribution is 2.30. The summed E-state index contributed by atoms with van der Waals surface area (Å²) in [5.74, 6) is 0.00953. The number of hydrogen-bond donors (Lipinski definition) is 0. The van der Waals surface area contributed by atoms with Crippen molar-refractivity contribution in [2.75, 3.05) is 6.61 Å². The van der Waals surface area contributed by atoms with Gasteiger partial charge in [0.05, 0.1) is 18.6 Å². The average Bonchev–Trinajstić information content (AvgIpc) is 2.50. The van der Waals surface area contributed by atoms with Crippen molar-refractivity contribution in [1.29, 1.82) is 5.26 Å². The van der Waals surface area contributed by atoms with Gasteiger partial charge in [-0.3, -0.25) is 0 Å². The average molecular weight is 338 g/mol. The molecule has 2 aromatic rings. The van der Waals surface area contributed by atoms with Gasteiger partial charge in [-0.25, -0.2) is 4.39 Å². The molecule has 5 heteroatoms. The van der Waals surface area contributed by atoms with Gasteiger partial charge in [0.1, 0.15) is 11.6 Å². The van der Waals surface area contributed by atoms with E-state index in [0.29, 0.717) is 35.2 Å². The summed E-state index contributed by atoms with van der Waals surface area (Å²) in [5.41, 5.74) is 0.773. The molecule has 0 fully saturated rings. The molecule has 0 aliphatic rings. The van der Waals surface area contributed by atoms with Crippen LogP contribution in [0.25, 0.3) is 0 Å². The minimum absolute atomic E-state index is 0.297. The van der Waals surface area contributed by atoms with Crippen molar-refractivity contribution in [3.05, 3.63) is 63.9 Å². The van der Waals surface area contributed by atoms with Gasteiger partial charge in [-0.15, -0.1) is 0 Å². The Hall–Kier alpha value is -1.76. The van der Waals surface area contributed by atoms with E-state index in [0.717, 1.165) is 5.56 Å². The smallest absolute Gasteiger partial charge is 0.123 e. The van der Waals surface area contributed by atoms with Crippen molar-refractivity contribution in [3.63, 3.8) is 0 Å². The van der Waals surface area contributed by atoms with Gasteiger partial charge >= 0.3 is 0 Å². The van der Waals surface area contributed by atoms with Gasteiger partial charge in [-0.05, 0) is 54.8 Å². The summed E-state index contributed by atoms with van der Waals surface area (Å²) in [7, 11) is 0. The lowest BCUT2D eigenvalue weighted by Gasteiger charge is -2.12. The van der Waals surface area contributed by atoms with Crippen LogP contribution in [0.3, 0.4) is 0 Å².